The summed E-state index contributed by atoms with van der Waals surface area (Å²) in [6.45, 7) is 6.79. The highest BCUT2D eigenvalue weighted by Crippen LogP contribution is 2.39. The number of carboxylic acid groups (broad SMARTS) is 2. The number of aryl methyl sites for hydroxylation is 1. The van der Waals surface area contributed by atoms with Crippen molar-refractivity contribution in [2.75, 3.05) is 26.2 Å². The predicted octanol–water partition coefficient (Wildman–Crippen LogP) is 3.57. The Morgan fingerprint density at radius 3 is 1.95 bits per heavy atom. The number of halogens is 6. The van der Waals surface area contributed by atoms with E-state index in [9.17, 15) is 26.3 Å². The molecule has 212 valence electrons. The van der Waals surface area contributed by atoms with Crippen LogP contribution in [0, 0.1) is 5.41 Å². The molecule has 2 aromatic heterocycles. The van der Waals surface area contributed by atoms with E-state index >= 15 is 0 Å². The van der Waals surface area contributed by atoms with Gasteiger partial charge in [0.05, 0.1) is 12.2 Å². The van der Waals surface area contributed by atoms with Crippen LogP contribution in [-0.2, 0) is 29.7 Å². The molecule has 1 spiro atoms. The van der Waals surface area contributed by atoms with Gasteiger partial charge in [0.2, 0.25) is 0 Å². The Morgan fingerprint density at radius 2 is 1.47 bits per heavy atom. The molecule has 2 saturated heterocycles. The largest absolute Gasteiger partial charge is 0.490 e. The number of aromatic nitrogens is 3. The maximum absolute atomic E-state index is 10.6. The van der Waals surface area contributed by atoms with Gasteiger partial charge in [-0.2, -0.15) is 26.3 Å². The van der Waals surface area contributed by atoms with E-state index in [0.29, 0.717) is 5.41 Å². The van der Waals surface area contributed by atoms with Crippen LogP contribution in [0.2, 0.25) is 0 Å². The average Bonchev–Trinajstić information content (AvgIpc) is 3.40. The van der Waals surface area contributed by atoms with Crippen molar-refractivity contribution >= 4 is 11.9 Å². The maximum atomic E-state index is 10.6. The standard InChI is InChI=1S/C19H27N5.2C2HF3O2/c1-22-12-9-21-18(22)14-24-11-7-19(16-24)6-4-10-23(15-19)13-17-5-2-3-8-20-17;2*3-2(4,5)1(6)7/h2-3,5,8-9,12H,4,6-7,10-11,13-16H2,1H3;2*(H,6,7). The lowest BCUT2D eigenvalue weighted by atomic mass is 9.79. The SMILES string of the molecule is Cn1ccnc1CN1CCC2(CCCN(Cc3ccccn3)C2)C1.O=C(O)C(F)(F)F.O=C(O)C(F)(F)F. The fourth-order valence-electron chi connectivity index (χ4n) is 4.41. The number of aliphatic carboxylic acids is 2. The molecule has 2 aliphatic heterocycles. The molecule has 4 heterocycles. The zero-order valence-electron chi connectivity index (χ0n) is 20.5. The van der Waals surface area contributed by atoms with Crippen LogP contribution < -0.4 is 0 Å². The summed E-state index contributed by atoms with van der Waals surface area (Å²) >= 11 is 0. The molecule has 1 unspecified atom stereocenters. The van der Waals surface area contributed by atoms with Gasteiger partial charge in [0.1, 0.15) is 5.82 Å². The first kappa shape index (κ1) is 31.0. The summed E-state index contributed by atoms with van der Waals surface area (Å²) in [5, 5.41) is 14.2. The number of piperidine rings is 1. The zero-order valence-corrected chi connectivity index (χ0v) is 20.5. The smallest absolute Gasteiger partial charge is 0.475 e. The Balaban J connectivity index is 0.000000301. The van der Waals surface area contributed by atoms with E-state index in [2.05, 4.69) is 43.5 Å². The van der Waals surface area contributed by atoms with Crippen LogP contribution in [0.5, 0.6) is 0 Å². The summed E-state index contributed by atoms with van der Waals surface area (Å²) in [4.78, 5) is 32.0. The molecule has 2 aliphatic rings. The molecule has 0 radical (unpaired) electrons. The van der Waals surface area contributed by atoms with Crippen molar-refractivity contribution in [3.8, 4) is 0 Å². The highest BCUT2D eigenvalue weighted by Gasteiger charge is 2.41. The van der Waals surface area contributed by atoms with Crippen molar-refractivity contribution in [2.24, 2.45) is 12.5 Å². The van der Waals surface area contributed by atoms with Gasteiger partial charge in [0.25, 0.3) is 0 Å². The first-order chi connectivity index (χ1) is 17.6. The zero-order chi connectivity index (χ0) is 28.6. The van der Waals surface area contributed by atoms with E-state index in [1.165, 1.54) is 57.0 Å². The monoisotopic (exact) mass is 553 g/mol. The molecule has 15 heteroatoms. The minimum absolute atomic E-state index is 0.470. The number of alkyl halides is 6. The first-order valence-corrected chi connectivity index (χ1v) is 11.5. The van der Waals surface area contributed by atoms with E-state index in [1.54, 1.807) is 0 Å². The van der Waals surface area contributed by atoms with Gasteiger partial charge < -0.3 is 14.8 Å². The van der Waals surface area contributed by atoms with Crippen LogP contribution in [0.15, 0.2) is 36.8 Å². The lowest BCUT2D eigenvalue weighted by Gasteiger charge is -2.40. The van der Waals surface area contributed by atoms with Gasteiger partial charge in [-0.3, -0.25) is 14.8 Å². The van der Waals surface area contributed by atoms with Gasteiger partial charge in [0.15, 0.2) is 0 Å². The predicted molar refractivity (Wildman–Crippen MR) is 122 cm³/mol. The number of hydrogen-bond donors (Lipinski definition) is 2. The summed E-state index contributed by atoms with van der Waals surface area (Å²) in [7, 11) is 2.09. The molecule has 2 aromatic rings. The van der Waals surface area contributed by atoms with Crippen molar-refractivity contribution in [1.82, 2.24) is 24.3 Å². The van der Waals surface area contributed by atoms with Gasteiger partial charge in [-0.25, -0.2) is 14.6 Å². The van der Waals surface area contributed by atoms with Crippen molar-refractivity contribution in [3.63, 3.8) is 0 Å². The normalized spacial score (nSPS) is 20.3. The fourth-order valence-corrected chi connectivity index (χ4v) is 4.41. The molecule has 0 aliphatic carbocycles. The fraction of sp³-hybridized carbons (Fsp3) is 0.565. The third-order valence-electron chi connectivity index (χ3n) is 6.14. The Kier molecular flexibility index (Phi) is 10.6. The van der Waals surface area contributed by atoms with Crippen molar-refractivity contribution < 1.29 is 46.1 Å². The van der Waals surface area contributed by atoms with Crippen molar-refractivity contribution in [3.05, 3.63) is 48.3 Å². The van der Waals surface area contributed by atoms with Crippen LogP contribution in [0.1, 0.15) is 30.8 Å². The minimum atomic E-state index is -5.08. The Morgan fingerprint density at radius 1 is 0.895 bits per heavy atom. The molecule has 4 rings (SSSR count). The van der Waals surface area contributed by atoms with Gasteiger partial charge in [0, 0.05) is 45.3 Å². The van der Waals surface area contributed by atoms with Crippen LogP contribution >= 0.6 is 0 Å². The Bertz CT molecular complexity index is 1020. The summed E-state index contributed by atoms with van der Waals surface area (Å²) in [6, 6.07) is 6.23. The van der Waals surface area contributed by atoms with Gasteiger partial charge in [-0.15, -0.1) is 0 Å². The van der Waals surface area contributed by atoms with E-state index in [4.69, 9.17) is 19.8 Å². The number of rotatable bonds is 4. The van der Waals surface area contributed by atoms with E-state index < -0.39 is 24.3 Å². The second-order valence-electron chi connectivity index (χ2n) is 9.16. The van der Waals surface area contributed by atoms with Gasteiger partial charge >= 0.3 is 24.3 Å². The van der Waals surface area contributed by atoms with E-state index in [0.717, 1.165) is 13.1 Å². The number of nitrogens with zero attached hydrogens (tertiary/aromatic N) is 5. The number of imidazole rings is 1. The molecule has 0 aromatic carbocycles. The second kappa shape index (κ2) is 13.0. The van der Waals surface area contributed by atoms with Crippen molar-refractivity contribution in [2.45, 2.75) is 44.7 Å². The molecule has 0 bridgehead atoms. The quantitative estimate of drug-likeness (QED) is 0.553. The highest BCUT2D eigenvalue weighted by atomic mass is 19.4. The van der Waals surface area contributed by atoms with Crippen molar-refractivity contribution in [1.29, 1.82) is 0 Å². The molecule has 9 nitrogen and oxygen atoms in total. The van der Waals surface area contributed by atoms with Crippen LogP contribution in [0.4, 0.5) is 26.3 Å². The van der Waals surface area contributed by atoms with E-state index in [-0.39, 0.29) is 0 Å². The molecule has 0 saturated carbocycles. The Hall–Kier alpha value is -3.20. The Labute approximate surface area is 214 Å². The number of carboxylic acids is 2. The summed E-state index contributed by atoms with van der Waals surface area (Å²) in [5.74, 6) is -4.34. The van der Waals surface area contributed by atoms with Gasteiger partial charge in [-0.1, -0.05) is 6.07 Å². The summed E-state index contributed by atoms with van der Waals surface area (Å²) in [5.41, 5.74) is 1.66. The average molecular weight is 554 g/mol. The van der Waals surface area contributed by atoms with Crippen LogP contribution in [0.3, 0.4) is 0 Å². The number of likely N-dealkylation sites (tertiary alicyclic amines) is 2. The third kappa shape index (κ3) is 9.93. The summed E-state index contributed by atoms with van der Waals surface area (Å²) in [6.07, 6.45) is -0.339. The third-order valence-corrected chi connectivity index (χ3v) is 6.14. The maximum Gasteiger partial charge on any atom is 0.490 e. The molecule has 0 amide bonds. The van der Waals surface area contributed by atoms with Gasteiger partial charge in [-0.05, 0) is 49.9 Å². The first-order valence-electron chi connectivity index (χ1n) is 11.5. The molecule has 2 fully saturated rings. The molecule has 2 N–H and O–H groups in total. The molecular weight excluding hydrogens is 524 g/mol. The highest BCUT2D eigenvalue weighted by molar-refractivity contribution is 5.73. The number of carbonyl (C=O) groups is 2. The number of hydrogen-bond acceptors (Lipinski definition) is 6. The topological polar surface area (TPSA) is 112 Å². The lowest BCUT2D eigenvalue weighted by Crippen LogP contribution is -2.44. The molecular formula is C23H29F6N5O4. The summed E-state index contributed by atoms with van der Waals surface area (Å²) < 4.78 is 65.6. The second-order valence-corrected chi connectivity index (χ2v) is 9.16. The molecule has 1 atom stereocenters. The number of pyridine rings is 1. The lowest BCUT2D eigenvalue weighted by molar-refractivity contribution is -0.193. The minimum Gasteiger partial charge on any atom is -0.475 e. The molecule has 38 heavy (non-hydrogen) atoms. The van der Waals surface area contributed by atoms with Crippen LogP contribution in [-0.4, -0.2) is 85.0 Å². The van der Waals surface area contributed by atoms with E-state index in [1.807, 2.05) is 24.7 Å². The van der Waals surface area contributed by atoms with Crippen LogP contribution in [0.25, 0.3) is 0 Å².